The van der Waals surface area contributed by atoms with E-state index in [0.29, 0.717) is 15.6 Å². The molecule has 0 saturated heterocycles. The van der Waals surface area contributed by atoms with Crippen LogP contribution in [0.3, 0.4) is 0 Å². The fourth-order valence-corrected chi connectivity index (χ4v) is 2.74. The van der Waals surface area contributed by atoms with Crippen molar-refractivity contribution < 1.29 is 13.6 Å². The number of amides is 1. The van der Waals surface area contributed by atoms with Crippen LogP contribution in [0.1, 0.15) is 0 Å². The van der Waals surface area contributed by atoms with Gasteiger partial charge in [-0.05, 0) is 24.3 Å². The normalized spacial score (nSPS) is 10.4. The number of carbonyl (C=O) groups excluding carboxylic acids is 1. The Labute approximate surface area is 129 Å². The Hall–Kier alpha value is -1.79. The van der Waals surface area contributed by atoms with Crippen LogP contribution in [0.15, 0.2) is 41.3 Å². The number of nitrogens with one attached hydrogen (secondary N) is 1. The van der Waals surface area contributed by atoms with Crippen LogP contribution < -0.4 is 11.1 Å². The van der Waals surface area contributed by atoms with E-state index in [1.54, 1.807) is 18.2 Å². The summed E-state index contributed by atoms with van der Waals surface area (Å²) in [6, 6.07) is 8.35. The number of rotatable bonds is 4. The number of thioether (sulfide) groups is 1. The molecule has 0 aliphatic carbocycles. The highest BCUT2D eigenvalue weighted by molar-refractivity contribution is 8.00. The van der Waals surface area contributed by atoms with Gasteiger partial charge < -0.3 is 11.1 Å². The van der Waals surface area contributed by atoms with Crippen molar-refractivity contribution in [2.45, 2.75) is 4.90 Å². The molecule has 0 spiro atoms. The summed E-state index contributed by atoms with van der Waals surface area (Å²) in [7, 11) is 0. The molecule has 2 rings (SSSR count). The molecular formula is C14H11ClF2N2OS. The first-order valence-corrected chi connectivity index (χ1v) is 7.26. The van der Waals surface area contributed by atoms with Gasteiger partial charge in [-0.15, -0.1) is 11.8 Å². The van der Waals surface area contributed by atoms with Crippen molar-refractivity contribution in [3.8, 4) is 0 Å². The second-order valence-electron chi connectivity index (χ2n) is 4.09. The van der Waals surface area contributed by atoms with Crippen LogP contribution in [-0.4, -0.2) is 11.7 Å². The van der Waals surface area contributed by atoms with E-state index in [0.717, 1.165) is 23.9 Å². The first-order valence-electron chi connectivity index (χ1n) is 5.89. The van der Waals surface area contributed by atoms with Crippen LogP contribution in [-0.2, 0) is 4.79 Å². The van der Waals surface area contributed by atoms with Crippen LogP contribution in [0.25, 0.3) is 0 Å². The molecule has 1 amide bonds. The van der Waals surface area contributed by atoms with E-state index in [1.807, 2.05) is 0 Å². The lowest BCUT2D eigenvalue weighted by molar-refractivity contribution is -0.113. The molecule has 0 aliphatic heterocycles. The summed E-state index contributed by atoms with van der Waals surface area (Å²) in [5.41, 5.74) is 5.73. The van der Waals surface area contributed by atoms with Crippen LogP contribution in [0.4, 0.5) is 20.2 Å². The Morgan fingerprint density at radius 2 is 1.81 bits per heavy atom. The molecule has 0 heterocycles. The van der Waals surface area contributed by atoms with E-state index >= 15 is 0 Å². The van der Waals surface area contributed by atoms with Gasteiger partial charge in [0, 0.05) is 10.6 Å². The summed E-state index contributed by atoms with van der Waals surface area (Å²) in [5.74, 6) is -2.28. The van der Waals surface area contributed by atoms with Crippen LogP contribution >= 0.6 is 23.4 Å². The average Bonchev–Trinajstić information content (AvgIpc) is 2.42. The zero-order valence-electron chi connectivity index (χ0n) is 10.7. The Bertz CT molecular complexity index is 642. The Morgan fingerprint density at radius 1 is 1.19 bits per heavy atom. The predicted molar refractivity (Wildman–Crippen MR) is 81.6 cm³/mol. The van der Waals surface area contributed by atoms with Crippen molar-refractivity contribution >= 4 is 40.6 Å². The van der Waals surface area contributed by atoms with E-state index < -0.39 is 23.2 Å². The highest BCUT2D eigenvalue weighted by Gasteiger charge is 2.13. The quantitative estimate of drug-likeness (QED) is 0.660. The number of benzene rings is 2. The van der Waals surface area contributed by atoms with Crippen molar-refractivity contribution in [2.75, 3.05) is 16.8 Å². The second kappa shape index (κ2) is 6.78. The molecule has 2 aromatic rings. The number of hydrogen-bond acceptors (Lipinski definition) is 3. The number of nitrogen functional groups attached to an aromatic ring is 1. The minimum absolute atomic E-state index is 0.0678. The average molecular weight is 329 g/mol. The van der Waals surface area contributed by atoms with E-state index in [1.165, 1.54) is 6.07 Å². The number of anilines is 2. The van der Waals surface area contributed by atoms with Gasteiger partial charge in [0.1, 0.15) is 17.3 Å². The molecule has 3 N–H and O–H groups in total. The van der Waals surface area contributed by atoms with E-state index in [9.17, 15) is 13.6 Å². The molecule has 2 aromatic carbocycles. The third kappa shape index (κ3) is 3.86. The number of nitrogens with two attached hydrogens (primary N) is 1. The van der Waals surface area contributed by atoms with Gasteiger partial charge in [-0.25, -0.2) is 8.78 Å². The zero-order valence-corrected chi connectivity index (χ0v) is 12.3. The van der Waals surface area contributed by atoms with E-state index in [-0.39, 0.29) is 5.75 Å². The maximum absolute atomic E-state index is 13.4. The third-order valence-electron chi connectivity index (χ3n) is 2.57. The minimum Gasteiger partial charge on any atom is -0.398 e. The molecule has 0 unspecified atom stereocenters. The van der Waals surface area contributed by atoms with Gasteiger partial charge in [-0.1, -0.05) is 23.7 Å². The topological polar surface area (TPSA) is 55.1 Å². The lowest BCUT2D eigenvalue weighted by Gasteiger charge is -2.09. The molecule has 0 atom stereocenters. The summed E-state index contributed by atoms with van der Waals surface area (Å²) in [5, 5.41) is 2.62. The minimum atomic E-state index is -0.828. The molecule has 0 bridgehead atoms. The standard InChI is InChI=1S/C14H11ClF2N2OS/c15-8-3-1-6-11(18)14(8)21-7-12(20)19-13-9(16)4-2-5-10(13)17/h1-6H,7,18H2,(H,19,20). The van der Waals surface area contributed by atoms with Crippen LogP contribution in [0, 0.1) is 11.6 Å². The van der Waals surface area contributed by atoms with Crippen molar-refractivity contribution in [3.05, 3.63) is 53.1 Å². The number of para-hydroxylation sites is 1. The molecule has 3 nitrogen and oxygen atoms in total. The van der Waals surface area contributed by atoms with E-state index in [2.05, 4.69) is 5.32 Å². The van der Waals surface area contributed by atoms with Gasteiger partial charge in [-0.2, -0.15) is 0 Å². The SMILES string of the molecule is Nc1cccc(Cl)c1SCC(=O)Nc1c(F)cccc1F. The van der Waals surface area contributed by atoms with Crippen LogP contribution in [0.2, 0.25) is 5.02 Å². The van der Waals surface area contributed by atoms with Gasteiger partial charge in [0.05, 0.1) is 10.8 Å². The monoisotopic (exact) mass is 328 g/mol. The summed E-state index contributed by atoms with van der Waals surface area (Å²) in [6.45, 7) is 0. The fourth-order valence-electron chi connectivity index (χ4n) is 1.61. The number of halogens is 3. The second-order valence-corrected chi connectivity index (χ2v) is 5.48. The van der Waals surface area contributed by atoms with Crippen molar-refractivity contribution in [1.82, 2.24) is 0 Å². The summed E-state index contributed by atoms with van der Waals surface area (Å²) < 4.78 is 26.8. The number of hydrogen-bond donors (Lipinski definition) is 2. The van der Waals surface area contributed by atoms with Crippen LogP contribution in [0.5, 0.6) is 0 Å². The smallest absolute Gasteiger partial charge is 0.234 e. The molecule has 0 aromatic heterocycles. The first-order chi connectivity index (χ1) is 9.99. The fraction of sp³-hybridized carbons (Fsp3) is 0.0714. The maximum Gasteiger partial charge on any atom is 0.234 e. The predicted octanol–water partition coefficient (Wildman–Crippen LogP) is 3.93. The highest BCUT2D eigenvalue weighted by atomic mass is 35.5. The molecule has 7 heteroatoms. The molecule has 21 heavy (non-hydrogen) atoms. The highest BCUT2D eigenvalue weighted by Crippen LogP contribution is 2.32. The van der Waals surface area contributed by atoms with Gasteiger partial charge in [0.2, 0.25) is 5.91 Å². The lowest BCUT2D eigenvalue weighted by Crippen LogP contribution is -2.16. The molecule has 0 radical (unpaired) electrons. The summed E-state index contributed by atoms with van der Waals surface area (Å²) in [4.78, 5) is 12.3. The largest absolute Gasteiger partial charge is 0.398 e. The van der Waals surface area contributed by atoms with Gasteiger partial charge in [0.25, 0.3) is 0 Å². The summed E-state index contributed by atoms with van der Waals surface area (Å²) >= 11 is 7.07. The van der Waals surface area contributed by atoms with E-state index in [4.69, 9.17) is 17.3 Å². The third-order valence-corrected chi connectivity index (χ3v) is 4.15. The van der Waals surface area contributed by atoms with Crippen molar-refractivity contribution in [2.24, 2.45) is 0 Å². The summed E-state index contributed by atoms with van der Waals surface area (Å²) in [6.07, 6.45) is 0. The molecule has 0 saturated carbocycles. The van der Waals surface area contributed by atoms with Crippen molar-refractivity contribution in [3.63, 3.8) is 0 Å². The zero-order chi connectivity index (χ0) is 15.4. The Balaban J connectivity index is 2.03. The molecule has 0 fully saturated rings. The first kappa shape index (κ1) is 15.6. The number of carbonyl (C=O) groups is 1. The molecule has 110 valence electrons. The Morgan fingerprint density at radius 3 is 2.43 bits per heavy atom. The molecule has 0 aliphatic rings. The molecular weight excluding hydrogens is 318 g/mol. The van der Waals surface area contributed by atoms with Crippen molar-refractivity contribution in [1.29, 1.82) is 0 Å². The Kier molecular flexibility index (Phi) is 5.03. The van der Waals surface area contributed by atoms with Gasteiger partial charge >= 0.3 is 0 Å². The van der Waals surface area contributed by atoms with Gasteiger partial charge in [-0.3, -0.25) is 4.79 Å². The lowest BCUT2D eigenvalue weighted by atomic mass is 10.3. The van der Waals surface area contributed by atoms with Gasteiger partial charge in [0.15, 0.2) is 0 Å². The maximum atomic E-state index is 13.4.